The third-order valence-corrected chi connectivity index (χ3v) is 5.03. The number of hydrogen-bond acceptors (Lipinski definition) is 3. The highest BCUT2D eigenvalue weighted by Gasteiger charge is 2.34. The van der Waals surface area contributed by atoms with Crippen molar-refractivity contribution in [1.29, 1.82) is 0 Å². The molecule has 0 aromatic heterocycles. The number of para-hydroxylation sites is 1. The summed E-state index contributed by atoms with van der Waals surface area (Å²) in [4.78, 5) is 12.4. The Morgan fingerprint density at radius 2 is 2.00 bits per heavy atom. The lowest BCUT2D eigenvalue weighted by atomic mass is 9.89. The topological polar surface area (TPSA) is 50.4 Å². The molecular formula is C18H26N2O2. The lowest BCUT2D eigenvalue weighted by Crippen LogP contribution is -2.40. The van der Waals surface area contributed by atoms with Crippen molar-refractivity contribution >= 4 is 5.91 Å². The van der Waals surface area contributed by atoms with Gasteiger partial charge in [-0.3, -0.25) is 4.79 Å². The van der Waals surface area contributed by atoms with Crippen molar-refractivity contribution < 1.29 is 9.53 Å². The number of nitrogens with one attached hydrogen (secondary N) is 2. The van der Waals surface area contributed by atoms with Crippen molar-refractivity contribution in [3.63, 3.8) is 0 Å². The van der Waals surface area contributed by atoms with Crippen molar-refractivity contribution in [3.8, 4) is 5.75 Å². The zero-order valence-electron chi connectivity index (χ0n) is 13.5. The molecule has 0 spiro atoms. The molecule has 2 fully saturated rings. The number of piperidine rings is 1. The summed E-state index contributed by atoms with van der Waals surface area (Å²) in [7, 11) is 1.66. The molecule has 2 heterocycles. The summed E-state index contributed by atoms with van der Waals surface area (Å²) < 4.78 is 5.37. The maximum absolute atomic E-state index is 12.4. The molecule has 1 amide bonds. The van der Waals surface area contributed by atoms with Crippen LogP contribution >= 0.6 is 0 Å². The summed E-state index contributed by atoms with van der Waals surface area (Å²) in [6.07, 6.45) is 5.49. The summed E-state index contributed by atoms with van der Waals surface area (Å²) in [6, 6.07) is 9.12. The fourth-order valence-electron chi connectivity index (χ4n) is 4.01. The second-order valence-corrected chi connectivity index (χ2v) is 6.71. The Labute approximate surface area is 132 Å². The number of hydrogen-bond donors (Lipinski definition) is 2. The molecule has 3 unspecified atom stereocenters. The molecule has 120 valence electrons. The van der Waals surface area contributed by atoms with E-state index in [9.17, 15) is 4.79 Å². The van der Waals surface area contributed by atoms with Gasteiger partial charge >= 0.3 is 0 Å². The molecule has 4 heteroatoms. The van der Waals surface area contributed by atoms with Crippen LogP contribution < -0.4 is 15.4 Å². The average molecular weight is 302 g/mol. The molecule has 0 aliphatic carbocycles. The second kappa shape index (κ2) is 6.69. The zero-order valence-corrected chi connectivity index (χ0v) is 13.5. The Morgan fingerprint density at radius 1 is 1.32 bits per heavy atom. The van der Waals surface area contributed by atoms with Gasteiger partial charge in [0.1, 0.15) is 5.75 Å². The molecule has 0 saturated carbocycles. The number of benzene rings is 1. The molecule has 2 saturated heterocycles. The van der Waals surface area contributed by atoms with E-state index in [0.29, 0.717) is 24.4 Å². The van der Waals surface area contributed by atoms with E-state index < -0.39 is 0 Å². The van der Waals surface area contributed by atoms with Crippen LogP contribution in [0.15, 0.2) is 24.3 Å². The van der Waals surface area contributed by atoms with E-state index >= 15 is 0 Å². The third kappa shape index (κ3) is 3.43. The van der Waals surface area contributed by atoms with Gasteiger partial charge in [-0.1, -0.05) is 18.2 Å². The molecule has 2 aliphatic heterocycles. The van der Waals surface area contributed by atoms with Gasteiger partial charge in [0.2, 0.25) is 5.91 Å². The van der Waals surface area contributed by atoms with Crippen molar-refractivity contribution in [2.75, 3.05) is 7.11 Å². The van der Waals surface area contributed by atoms with E-state index in [0.717, 1.165) is 24.2 Å². The van der Waals surface area contributed by atoms with Crippen LogP contribution in [0.5, 0.6) is 5.75 Å². The summed E-state index contributed by atoms with van der Waals surface area (Å²) in [6.45, 7) is 2.02. The van der Waals surface area contributed by atoms with Gasteiger partial charge in [0.05, 0.1) is 13.2 Å². The second-order valence-electron chi connectivity index (χ2n) is 6.71. The Kier molecular flexibility index (Phi) is 4.67. The first-order valence-corrected chi connectivity index (χ1v) is 8.34. The molecular weight excluding hydrogens is 276 g/mol. The normalized spacial score (nSPS) is 28.2. The largest absolute Gasteiger partial charge is 0.496 e. The maximum Gasteiger partial charge on any atom is 0.220 e. The number of carbonyl (C=O) groups is 1. The summed E-state index contributed by atoms with van der Waals surface area (Å²) in [5.74, 6) is 1.52. The molecule has 2 aliphatic rings. The number of amides is 1. The molecule has 1 aromatic carbocycles. The first-order chi connectivity index (χ1) is 10.7. The first-order valence-electron chi connectivity index (χ1n) is 8.34. The number of carbonyl (C=O) groups excluding carboxylic acids is 1. The predicted octanol–water partition coefficient (Wildman–Crippen LogP) is 2.79. The standard InChI is InChI=1S/C18H26N2O2/c1-12(16-5-3-4-6-17(16)22-2)19-18(21)11-13-9-14-7-8-15(10-13)20-14/h3-6,12-15,20H,7-11H2,1-2H3,(H,19,21). The molecule has 1 aromatic rings. The van der Waals surface area contributed by atoms with Crippen LogP contribution in [0.25, 0.3) is 0 Å². The van der Waals surface area contributed by atoms with Gasteiger partial charge in [-0.05, 0) is 44.6 Å². The van der Waals surface area contributed by atoms with Crippen molar-refractivity contribution in [1.82, 2.24) is 10.6 Å². The Morgan fingerprint density at radius 3 is 2.68 bits per heavy atom. The fraction of sp³-hybridized carbons (Fsp3) is 0.611. The van der Waals surface area contributed by atoms with Crippen LogP contribution in [-0.4, -0.2) is 25.1 Å². The van der Waals surface area contributed by atoms with E-state index in [-0.39, 0.29) is 11.9 Å². The third-order valence-electron chi connectivity index (χ3n) is 5.03. The van der Waals surface area contributed by atoms with Gasteiger partial charge in [-0.2, -0.15) is 0 Å². The van der Waals surface area contributed by atoms with E-state index in [2.05, 4.69) is 10.6 Å². The smallest absolute Gasteiger partial charge is 0.220 e. The van der Waals surface area contributed by atoms with E-state index in [1.165, 1.54) is 12.8 Å². The summed E-state index contributed by atoms with van der Waals surface area (Å²) >= 11 is 0. The Balaban J connectivity index is 1.55. The van der Waals surface area contributed by atoms with E-state index in [1.54, 1.807) is 7.11 Å². The van der Waals surface area contributed by atoms with Crippen LogP contribution in [-0.2, 0) is 4.79 Å². The van der Waals surface area contributed by atoms with Crippen LogP contribution in [0.3, 0.4) is 0 Å². The van der Waals surface area contributed by atoms with Gasteiger partial charge in [-0.15, -0.1) is 0 Å². The highest BCUT2D eigenvalue weighted by atomic mass is 16.5. The van der Waals surface area contributed by atoms with Crippen molar-refractivity contribution in [3.05, 3.63) is 29.8 Å². The lowest BCUT2D eigenvalue weighted by molar-refractivity contribution is -0.122. The monoisotopic (exact) mass is 302 g/mol. The van der Waals surface area contributed by atoms with Crippen LogP contribution in [0.1, 0.15) is 50.6 Å². The zero-order chi connectivity index (χ0) is 15.5. The Hall–Kier alpha value is -1.55. The Bertz CT molecular complexity index is 520. The van der Waals surface area contributed by atoms with Gasteiger partial charge in [0.25, 0.3) is 0 Å². The minimum Gasteiger partial charge on any atom is -0.496 e. The molecule has 3 rings (SSSR count). The maximum atomic E-state index is 12.4. The molecule has 4 nitrogen and oxygen atoms in total. The number of rotatable bonds is 5. The summed E-state index contributed by atoms with van der Waals surface area (Å²) in [5.41, 5.74) is 1.03. The lowest BCUT2D eigenvalue weighted by Gasteiger charge is -2.29. The van der Waals surface area contributed by atoms with Gasteiger partial charge < -0.3 is 15.4 Å². The first kappa shape index (κ1) is 15.3. The van der Waals surface area contributed by atoms with Gasteiger partial charge in [-0.25, -0.2) is 0 Å². The van der Waals surface area contributed by atoms with Gasteiger partial charge in [0, 0.05) is 24.1 Å². The van der Waals surface area contributed by atoms with E-state index in [1.807, 2.05) is 31.2 Å². The SMILES string of the molecule is COc1ccccc1C(C)NC(=O)CC1CC2CCC(C1)N2. The van der Waals surface area contributed by atoms with Gasteiger partial charge in [0.15, 0.2) is 0 Å². The summed E-state index contributed by atoms with van der Waals surface area (Å²) in [5, 5.41) is 6.76. The highest BCUT2D eigenvalue weighted by molar-refractivity contribution is 5.76. The van der Waals surface area contributed by atoms with Crippen LogP contribution in [0.2, 0.25) is 0 Å². The minimum atomic E-state index is -0.0258. The number of methoxy groups -OCH3 is 1. The fourth-order valence-corrected chi connectivity index (χ4v) is 4.01. The predicted molar refractivity (Wildman–Crippen MR) is 86.8 cm³/mol. The number of ether oxygens (including phenoxy) is 1. The molecule has 22 heavy (non-hydrogen) atoms. The average Bonchev–Trinajstić information content (AvgIpc) is 2.85. The molecule has 2 bridgehead atoms. The highest BCUT2D eigenvalue weighted by Crippen LogP contribution is 2.33. The number of fused-ring (bicyclic) bond motifs is 2. The van der Waals surface area contributed by atoms with E-state index in [4.69, 9.17) is 4.74 Å². The van der Waals surface area contributed by atoms with Crippen LogP contribution in [0.4, 0.5) is 0 Å². The minimum absolute atomic E-state index is 0.0258. The molecule has 0 radical (unpaired) electrons. The molecule has 3 atom stereocenters. The van der Waals surface area contributed by atoms with Crippen LogP contribution in [0, 0.1) is 5.92 Å². The van der Waals surface area contributed by atoms with Crippen molar-refractivity contribution in [2.24, 2.45) is 5.92 Å². The molecule has 2 N–H and O–H groups in total. The van der Waals surface area contributed by atoms with Crippen molar-refractivity contribution in [2.45, 2.75) is 57.2 Å². The quantitative estimate of drug-likeness (QED) is 0.879.